The summed E-state index contributed by atoms with van der Waals surface area (Å²) in [5.74, 6) is -1.72. The van der Waals surface area contributed by atoms with Crippen molar-refractivity contribution in [2.75, 3.05) is 18.0 Å². The molecule has 0 spiro atoms. The van der Waals surface area contributed by atoms with E-state index in [-0.39, 0.29) is 11.4 Å². The van der Waals surface area contributed by atoms with Crippen LogP contribution in [0.25, 0.3) is 0 Å². The summed E-state index contributed by atoms with van der Waals surface area (Å²) in [5, 5.41) is 0. The average molecular weight is 368 g/mol. The van der Waals surface area contributed by atoms with Crippen LogP contribution in [0.4, 0.5) is 14.7 Å². The van der Waals surface area contributed by atoms with Crippen LogP contribution in [0.1, 0.15) is 24.2 Å². The van der Waals surface area contributed by atoms with Gasteiger partial charge in [-0.05, 0) is 44.0 Å². The highest BCUT2D eigenvalue weighted by molar-refractivity contribution is 7.89. The molecule has 6 nitrogen and oxygen atoms in total. The first kappa shape index (κ1) is 17.7. The maximum absolute atomic E-state index is 13.3. The van der Waals surface area contributed by atoms with E-state index in [2.05, 4.69) is 19.6 Å². The van der Waals surface area contributed by atoms with E-state index in [0.717, 1.165) is 43.8 Å². The van der Waals surface area contributed by atoms with Crippen molar-refractivity contribution in [2.24, 2.45) is 0 Å². The van der Waals surface area contributed by atoms with Gasteiger partial charge in [0, 0.05) is 18.8 Å². The highest BCUT2D eigenvalue weighted by Crippen LogP contribution is 2.17. The van der Waals surface area contributed by atoms with E-state index in [4.69, 9.17) is 0 Å². The summed E-state index contributed by atoms with van der Waals surface area (Å²) in [7, 11) is -3.97. The third-order valence-electron chi connectivity index (χ3n) is 3.93. The number of halogens is 2. The summed E-state index contributed by atoms with van der Waals surface area (Å²) in [5.41, 5.74) is 1.25. The van der Waals surface area contributed by atoms with Gasteiger partial charge >= 0.3 is 0 Å². The Morgan fingerprint density at radius 3 is 2.52 bits per heavy atom. The fourth-order valence-corrected chi connectivity index (χ4v) is 3.67. The molecule has 0 unspecified atom stereocenters. The van der Waals surface area contributed by atoms with Gasteiger partial charge in [-0.3, -0.25) is 0 Å². The quantitative estimate of drug-likeness (QED) is 0.875. The van der Waals surface area contributed by atoms with E-state index in [9.17, 15) is 17.2 Å². The van der Waals surface area contributed by atoms with Crippen molar-refractivity contribution >= 4 is 16.0 Å². The predicted octanol–water partition coefficient (Wildman–Crippen LogP) is 2.14. The van der Waals surface area contributed by atoms with Crippen LogP contribution in [0.15, 0.2) is 29.2 Å². The molecule has 9 heteroatoms. The molecule has 1 aliphatic heterocycles. The smallest absolute Gasteiger partial charge is 0.241 e. The van der Waals surface area contributed by atoms with E-state index in [0.29, 0.717) is 17.7 Å². The number of benzene rings is 1. The van der Waals surface area contributed by atoms with Crippen LogP contribution in [-0.4, -0.2) is 31.5 Å². The summed E-state index contributed by atoms with van der Waals surface area (Å²) in [4.78, 5) is 10.5. The van der Waals surface area contributed by atoms with Gasteiger partial charge in [0.15, 0.2) is 11.6 Å². The second kappa shape index (κ2) is 7.01. The highest BCUT2D eigenvalue weighted by Gasteiger charge is 2.19. The van der Waals surface area contributed by atoms with E-state index >= 15 is 0 Å². The van der Waals surface area contributed by atoms with Gasteiger partial charge in [-0.2, -0.15) is 0 Å². The maximum atomic E-state index is 13.3. The summed E-state index contributed by atoms with van der Waals surface area (Å²) >= 11 is 0. The van der Waals surface area contributed by atoms with Crippen molar-refractivity contribution in [1.29, 1.82) is 0 Å². The van der Waals surface area contributed by atoms with E-state index in [1.54, 1.807) is 6.07 Å². The zero-order chi connectivity index (χ0) is 18.0. The Kier molecular flexibility index (Phi) is 4.96. The Hall–Kier alpha value is -2.13. The first-order valence-corrected chi connectivity index (χ1v) is 9.38. The minimum Gasteiger partial charge on any atom is -0.341 e. The molecule has 25 heavy (non-hydrogen) atoms. The van der Waals surface area contributed by atoms with Crippen LogP contribution in [0.2, 0.25) is 0 Å². The molecule has 0 atom stereocenters. The minimum atomic E-state index is -3.97. The van der Waals surface area contributed by atoms with Gasteiger partial charge in [-0.25, -0.2) is 31.9 Å². The van der Waals surface area contributed by atoms with Gasteiger partial charge in [-0.15, -0.1) is 0 Å². The second-order valence-corrected chi connectivity index (χ2v) is 7.66. The lowest BCUT2D eigenvalue weighted by molar-refractivity contribution is 0.504. The Morgan fingerprint density at radius 2 is 1.84 bits per heavy atom. The zero-order valence-electron chi connectivity index (χ0n) is 13.7. The lowest BCUT2D eigenvalue weighted by Crippen LogP contribution is -2.25. The van der Waals surface area contributed by atoms with Crippen molar-refractivity contribution in [1.82, 2.24) is 14.7 Å². The molecule has 0 saturated carbocycles. The maximum Gasteiger partial charge on any atom is 0.241 e. The van der Waals surface area contributed by atoms with Crippen molar-refractivity contribution < 1.29 is 17.2 Å². The van der Waals surface area contributed by atoms with Crippen LogP contribution in [-0.2, 0) is 16.6 Å². The Balaban J connectivity index is 1.77. The molecule has 0 bridgehead atoms. The first-order chi connectivity index (χ1) is 11.8. The average Bonchev–Trinajstić information content (AvgIpc) is 3.09. The van der Waals surface area contributed by atoms with Crippen molar-refractivity contribution in [3.05, 3.63) is 47.3 Å². The SMILES string of the molecule is Cc1cc(CNS(=O)(=O)c2ccc(F)c(F)c2)nc(N2CCCC2)n1. The van der Waals surface area contributed by atoms with Gasteiger partial charge in [0.1, 0.15) is 0 Å². The Bertz CT molecular complexity index is 884. The molecule has 0 radical (unpaired) electrons. The number of hydrogen-bond donors (Lipinski definition) is 1. The standard InChI is InChI=1S/C16H18F2N4O2S/c1-11-8-12(21-16(20-11)22-6-2-3-7-22)10-19-25(23,24)13-4-5-14(17)15(18)9-13/h4-5,8-9,19H,2-3,6-7,10H2,1H3. The lowest BCUT2D eigenvalue weighted by atomic mass is 10.3. The number of rotatable bonds is 5. The van der Waals surface area contributed by atoms with Crippen LogP contribution in [0, 0.1) is 18.6 Å². The molecular weight excluding hydrogens is 350 g/mol. The summed E-state index contributed by atoms with van der Waals surface area (Å²) in [6.07, 6.45) is 2.16. The van der Waals surface area contributed by atoms with Gasteiger partial charge in [-0.1, -0.05) is 0 Å². The molecule has 1 saturated heterocycles. The number of anilines is 1. The van der Waals surface area contributed by atoms with Gasteiger partial charge in [0.25, 0.3) is 0 Å². The third-order valence-corrected chi connectivity index (χ3v) is 5.33. The number of aryl methyl sites for hydroxylation is 1. The number of nitrogens with zero attached hydrogens (tertiary/aromatic N) is 3. The number of aromatic nitrogens is 2. The van der Waals surface area contributed by atoms with Gasteiger partial charge < -0.3 is 4.90 Å². The summed E-state index contributed by atoms with van der Waals surface area (Å²) in [6.45, 7) is 3.51. The number of hydrogen-bond acceptors (Lipinski definition) is 5. The van der Waals surface area contributed by atoms with Crippen LogP contribution >= 0.6 is 0 Å². The molecule has 1 aromatic heterocycles. The van der Waals surface area contributed by atoms with E-state index < -0.39 is 21.7 Å². The largest absolute Gasteiger partial charge is 0.341 e. The molecule has 1 aliphatic rings. The summed E-state index contributed by atoms with van der Waals surface area (Å²) in [6, 6.07) is 4.14. The molecule has 1 fully saturated rings. The van der Waals surface area contributed by atoms with E-state index in [1.807, 2.05) is 6.92 Å². The molecule has 134 valence electrons. The molecule has 1 N–H and O–H groups in total. The van der Waals surface area contributed by atoms with Crippen molar-refractivity contribution in [3.63, 3.8) is 0 Å². The molecule has 1 aromatic carbocycles. The molecule has 0 amide bonds. The normalized spacial score (nSPS) is 14.9. The Morgan fingerprint density at radius 1 is 1.12 bits per heavy atom. The Labute approximate surface area is 145 Å². The van der Waals surface area contributed by atoms with Crippen LogP contribution in [0.3, 0.4) is 0 Å². The van der Waals surface area contributed by atoms with E-state index in [1.165, 1.54) is 0 Å². The molecule has 2 heterocycles. The van der Waals surface area contributed by atoms with Crippen molar-refractivity contribution in [3.8, 4) is 0 Å². The van der Waals surface area contributed by atoms with Crippen LogP contribution in [0.5, 0.6) is 0 Å². The van der Waals surface area contributed by atoms with Crippen LogP contribution < -0.4 is 9.62 Å². The topological polar surface area (TPSA) is 75.2 Å². The molecule has 0 aliphatic carbocycles. The lowest BCUT2D eigenvalue weighted by Gasteiger charge is -2.16. The predicted molar refractivity (Wildman–Crippen MR) is 88.6 cm³/mol. The fraction of sp³-hybridized carbons (Fsp3) is 0.375. The second-order valence-electron chi connectivity index (χ2n) is 5.90. The molecule has 3 rings (SSSR count). The van der Waals surface area contributed by atoms with Gasteiger partial charge in [0.2, 0.25) is 16.0 Å². The monoisotopic (exact) mass is 368 g/mol. The minimum absolute atomic E-state index is 0.0640. The molecular formula is C16H18F2N4O2S. The zero-order valence-corrected chi connectivity index (χ0v) is 14.5. The number of sulfonamides is 1. The highest BCUT2D eigenvalue weighted by atomic mass is 32.2. The third kappa shape index (κ3) is 4.10. The summed E-state index contributed by atoms with van der Waals surface area (Å²) < 4.78 is 53.1. The number of nitrogens with one attached hydrogen (secondary N) is 1. The molecule has 2 aromatic rings. The first-order valence-electron chi connectivity index (χ1n) is 7.89. The van der Waals surface area contributed by atoms with Crippen molar-refractivity contribution in [2.45, 2.75) is 31.2 Å². The van der Waals surface area contributed by atoms with Gasteiger partial charge in [0.05, 0.1) is 17.1 Å². The fourth-order valence-electron chi connectivity index (χ4n) is 2.66.